The standard InChI is InChI=1S/C23H30N4/c1-2-14-27-21-13-7-6-12-20(21)25-23(27)18-24-17-22(26-15-8-9-16-26)19-10-4-3-5-11-19/h3-7,10-13,22,24H,2,8-9,14-18H2,1H3. The van der Waals surface area contributed by atoms with Crippen LogP contribution in [-0.2, 0) is 13.1 Å². The highest BCUT2D eigenvalue weighted by Gasteiger charge is 2.23. The van der Waals surface area contributed by atoms with E-state index in [1.165, 1.54) is 37.0 Å². The Hall–Kier alpha value is -2.17. The van der Waals surface area contributed by atoms with Crippen LogP contribution < -0.4 is 5.32 Å². The predicted molar refractivity (Wildman–Crippen MR) is 112 cm³/mol. The first-order valence-electron chi connectivity index (χ1n) is 10.3. The van der Waals surface area contributed by atoms with Crippen LogP contribution in [0.15, 0.2) is 54.6 Å². The van der Waals surface area contributed by atoms with Crippen molar-refractivity contribution in [1.29, 1.82) is 0 Å². The third kappa shape index (κ3) is 4.07. The van der Waals surface area contributed by atoms with Crippen molar-refractivity contribution in [3.05, 3.63) is 66.0 Å². The lowest BCUT2D eigenvalue weighted by atomic mass is 10.1. The Kier molecular flexibility index (Phi) is 5.85. The van der Waals surface area contributed by atoms with E-state index in [0.29, 0.717) is 6.04 Å². The molecule has 27 heavy (non-hydrogen) atoms. The van der Waals surface area contributed by atoms with Crippen molar-refractivity contribution in [2.75, 3.05) is 19.6 Å². The maximum absolute atomic E-state index is 4.89. The number of hydrogen-bond acceptors (Lipinski definition) is 3. The van der Waals surface area contributed by atoms with Crippen molar-refractivity contribution in [1.82, 2.24) is 19.8 Å². The number of aryl methyl sites for hydroxylation is 1. The predicted octanol–water partition coefficient (Wildman–Crippen LogP) is 4.37. The van der Waals surface area contributed by atoms with Crippen LogP contribution in [0.2, 0.25) is 0 Å². The largest absolute Gasteiger partial charge is 0.327 e. The number of likely N-dealkylation sites (tertiary alicyclic amines) is 1. The Labute approximate surface area is 162 Å². The Balaban J connectivity index is 1.49. The lowest BCUT2D eigenvalue weighted by molar-refractivity contribution is 0.237. The fraction of sp³-hybridized carbons (Fsp3) is 0.435. The molecule has 1 fully saturated rings. The highest BCUT2D eigenvalue weighted by molar-refractivity contribution is 5.75. The Bertz CT molecular complexity index is 849. The van der Waals surface area contributed by atoms with E-state index in [2.05, 4.69) is 76.3 Å². The van der Waals surface area contributed by atoms with Crippen LogP contribution in [0.1, 0.15) is 43.6 Å². The van der Waals surface area contributed by atoms with Gasteiger partial charge in [-0.05, 0) is 50.0 Å². The second-order valence-corrected chi connectivity index (χ2v) is 7.47. The van der Waals surface area contributed by atoms with Gasteiger partial charge in [-0.1, -0.05) is 49.4 Å². The number of nitrogens with zero attached hydrogens (tertiary/aromatic N) is 3. The van der Waals surface area contributed by atoms with E-state index in [1.54, 1.807) is 0 Å². The molecule has 0 radical (unpaired) electrons. The van der Waals surface area contributed by atoms with E-state index in [1.807, 2.05) is 0 Å². The highest BCUT2D eigenvalue weighted by Crippen LogP contribution is 2.24. The molecular weight excluding hydrogens is 332 g/mol. The molecule has 1 aliphatic rings. The van der Waals surface area contributed by atoms with Gasteiger partial charge in [0.2, 0.25) is 0 Å². The summed E-state index contributed by atoms with van der Waals surface area (Å²) in [6, 6.07) is 19.8. The van der Waals surface area contributed by atoms with Gasteiger partial charge in [0.1, 0.15) is 5.82 Å². The molecule has 4 heteroatoms. The van der Waals surface area contributed by atoms with Gasteiger partial charge in [0, 0.05) is 19.1 Å². The average molecular weight is 363 g/mol. The molecule has 0 saturated carbocycles. The minimum atomic E-state index is 0.442. The molecule has 1 unspecified atom stereocenters. The van der Waals surface area contributed by atoms with Gasteiger partial charge < -0.3 is 9.88 Å². The summed E-state index contributed by atoms with van der Waals surface area (Å²) < 4.78 is 2.37. The summed E-state index contributed by atoms with van der Waals surface area (Å²) in [5.74, 6) is 1.14. The minimum Gasteiger partial charge on any atom is -0.327 e. The maximum Gasteiger partial charge on any atom is 0.123 e. The number of rotatable bonds is 8. The fourth-order valence-corrected chi connectivity index (χ4v) is 4.24. The van der Waals surface area contributed by atoms with Crippen molar-refractivity contribution >= 4 is 11.0 Å². The number of hydrogen-bond donors (Lipinski definition) is 1. The van der Waals surface area contributed by atoms with Gasteiger partial charge in [-0.25, -0.2) is 4.98 Å². The Morgan fingerprint density at radius 3 is 2.52 bits per heavy atom. The van der Waals surface area contributed by atoms with Gasteiger partial charge in [0.05, 0.1) is 17.6 Å². The molecule has 1 N–H and O–H groups in total. The molecule has 0 bridgehead atoms. The molecule has 3 aromatic rings. The second kappa shape index (κ2) is 8.68. The molecule has 1 aliphatic heterocycles. The quantitative estimate of drug-likeness (QED) is 0.646. The van der Waals surface area contributed by atoms with Gasteiger partial charge in [-0.3, -0.25) is 4.90 Å². The normalized spacial score (nSPS) is 16.2. The second-order valence-electron chi connectivity index (χ2n) is 7.47. The van der Waals surface area contributed by atoms with Crippen molar-refractivity contribution in [3.63, 3.8) is 0 Å². The summed E-state index contributed by atoms with van der Waals surface area (Å²) in [7, 11) is 0. The average Bonchev–Trinajstić information content (AvgIpc) is 3.35. The van der Waals surface area contributed by atoms with E-state index >= 15 is 0 Å². The van der Waals surface area contributed by atoms with Crippen LogP contribution in [0.3, 0.4) is 0 Å². The Morgan fingerprint density at radius 2 is 1.74 bits per heavy atom. The van der Waals surface area contributed by atoms with Crippen LogP contribution in [0.4, 0.5) is 0 Å². The van der Waals surface area contributed by atoms with Gasteiger partial charge >= 0.3 is 0 Å². The van der Waals surface area contributed by atoms with E-state index in [4.69, 9.17) is 4.98 Å². The summed E-state index contributed by atoms with van der Waals surface area (Å²) in [5, 5.41) is 3.71. The minimum absolute atomic E-state index is 0.442. The van der Waals surface area contributed by atoms with Crippen LogP contribution in [0.25, 0.3) is 11.0 Å². The van der Waals surface area contributed by atoms with Crippen molar-refractivity contribution < 1.29 is 0 Å². The van der Waals surface area contributed by atoms with Gasteiger partial charge in [-0.15, -0.1) is 0 Å². The first kappa shape index (κ1) is 18.2. The maximum atomic E-state index is 4.89. The van der Waals surface area contributed by atoms with Crippen LogP contribution in [0.5, 0.6) is 0 Å². The summed E-state index contributed by atoms with van der Waals surface area (Å²) in [4.78, 5) is 7.51. The molecule has 142 valence electrons. The van der Waals surface area contributed by atoms with Gasteiger partial charge in [0.25, 0.3) is 0 Å². The molecular formula is C23H30N4. The zero-order valence-corrected chi connectivity index (χ0v) is 16.3. The summed E-state index contributed by atoms with van der Waals surface area (Å²) in [6.07, 6.45) is 3.75. The van der Waals surface area contributed by atoms with Crippen molar-refractivity contribution in [2.24, 2.45) is 0 Å². The monoisotopic (exact) mass is 362 g/mol. The topological polar surface area (TPSA) is 33.1 Å². The third-order valence-corrected chi connectivity index (χ3v) is 5.57. The molecule has 4 rings (SSSR count). The Morgan fingerprint density at radius 1 is 1.00 bits per heavy atom. The first-order valence-corrected chi connectivity index (χ1v) is 10.3. The number of benzene rings is 2. The van der Waals surface area contributed by atoms with Crippen molar-refractivity contribution in [2.45, 2.75) is 45.3 Å². The molecule has 1 saturated heterocycles. The van der Waals surface area contributed by atoms with E-state index in [0.717, 1.165) is 37.4 Å². The zero-order chi connectivity index (χ0) is 18.5. The number of aromatic nitrogens is 2. The molecule has 0 amide bonds. The van der Waals surface area contributed by atoms with Crippen LogP contribution in [-0.4, -0.2) is 34.1 Å². The molecule has 1 atom stereocenters. The third-order valence-electron chi connectivity index (χ3n) is 5.57. The summed E-state index contributed by atoms with van der Waals surface area (Å²) in [6.45, 7) is 7.42. The summed E-state index contributed by atoms with van der Waals surface area (Å²) >= 11 is 0. The van der Waals surface area contributed by atoms with E-state index in [9.17, 15) is 0 Å². The number of para-hydroxylation sites is 2. The molecule has 0 spiro atoms. The molecule has 0 aliphatic carbocycles. The van der Waals surface area contributed by atoms with Gasteiger partial charge in [-0.2, -0.15) is 0 Å². The number of nitrogens with one attached hydrogen (secondary N) is 1. The lowest BCUT2D eigenvalue weighted by Crippen LogP contribution is -2.34. The van der Waals surface area contributed by atoms with Crippen LogP contribution in [0, 0.1) is 0 Å². The SMILES string of the molecule is CCCn1c(CNCC(c2ccccc2)N2CCCC2)nc2ccccc21. The molecule has 4 nitrogen and oxygen atoms in total. The first-order chi connectivity index (χ1) is 13.4. The van der Waals surface area contributed by atoms with Crippen molar-refractivity contribution in [3.8, 4) is 0 Å². The molecule has 1 aromatic heterocycles. The zero-order valence-electron chi connectivity index (χ0n) is 16.3. The van der Waals surface area contributed by atoms with Gasteiger partial charge in [0.15, 0.2) is 0 Å². The molecule has 2 heterocycles. The smallest absolute Gasteiger partial charge is 0.123 e. The molecule has 2 aromatic carbocycles. The highest BCUT2D eigenvalue weighted by atomic mass is 15.2. The van der Waals surface area contributed by atoms with E-state index in [-0.39, 0.29) is 0 Å². The van der Waals surface area contributed by atoms with Crippen LogP contribution >= 0.6 is 0 Å². The summed E-state index contributed by atoms with van der Waals surface area (Å²) in [5.41, 5.74) is 3.76. The number of fused-ring (bicyclic) bond motifs is 1. The number of imidazole rings is 1. The van der Waals surface area contributed by atoms with E-state index < -0.39 is 0 Å². The lowest BCUT2D eigenvalue weighted by Gasteiger charge is -2.28. The fourth-order valence-electron chi connectivity index (χ4n) is 4.24.